The Morgan fingerprint density at radius 1 is 1.04 bits per heavy atom. The minimum Gasteiger partial charge on any atom is -0.444 e. The normalized spacial score (nSPS) is 14.9. The summed E-state index contributed by atoms with van der Waals surface area (Å²) in [6, 6.07) is 16.0. The third kappa shape index (κ3) is 4.87. The van der Waals surface area contributed by atoms with E-state index >= 15 is 0 Å². The molecule has 0 spiro atoms. The Kier molecular flexibility index (Phi) is 5.70. The summed E-state index contributed by atoms with van der Waals surface area (Å²) in [7, 11) is 0. The van der Waals surface area contributed by atoms with Gasteiger partial charge in [-0.2, -0.15) is 0 Å². The molecule has 0 bridgehead atoms. The second-order valence-corrected chi connectivity index (χ2v) is 8.79. The molecule has 2 aromatic rings. The van der Waals surface area contributed by atoms with Gasteiger partial charge in [-0.25, -0.2) is 4.79 Å². The molecule has 1 saturated carbocycles. The van der Waals surface area contributed by atoms with E-state index in [1.807, 2.05) is 36.4 Å². The predicted octanol–water partition coefficient (Wildman–Crippen LogP) is 5.07. The van der Waals surface area contributed by atoms with Gasteiger partial charge >= 0.3 is 6.09 Å². The molecule has 0 heterocycles. The van der Waals surface area contributed by atoms with E-state index in [0.717, 1.165) is 11.1 Å². The van der Waals surface area contributed by atoms with Gasteiger partial charge in [0.15, 0.2) is 0 Å². The van der Waals surface area contributed by atoms with Crippen molar-refractivity contribution in [1.29, 1.82) is 0 Å². The minimum absolute atomic E-state index is 0.212. The molecule has 28 heavy (non-hydrogen) atoms. The number of carbonyl (C=O) groups is 2. The highest BCUT2D eigenvalue weighted by atomic mass is 32.2. The zero-order valence-corrected chi connectivity index (χ0v) is 17.5. The molecule has 3 rings (SSSR count). The molecule has 6 heteroatoms. The van der Waals surface area contributed by atoms with Gasteiger partial charge in [-0.05, 0) is 69.2 Å². The molecule has 0 aromatic heterocycles. The van der Waals surface area contributed by atoms with Crippen LogP contribution in [0.5, 0.6) is 0 Å². The maximum atomic E-state index is 12.7. The van der Waals surface area contributed by atoms with E-state index in [1.165, 1.54) is 4.90 Å². The molecule has 148 valence electrons. The first-order chi connectivity index (χ1) is 13.2. The van der Waals surface area contributed by atoms with Crippen LogP contribution in [0.3, 0.4) is 0 Å². The van der Waals surface area contributed by atoms with Crippen molar-refractivity contribution in [3.8, 4) is 11.1 Å². The Morgan fingerprint density at radius 2 is 1.68 bits per heavy atom. The zero-order valence-electron chi connectivity index (χ0n) is 16.7. The van der Waals surface area contributed by atoms with Crippen molar-refractivity contribution in [1.82, 2.24) is 5.32 Å². The summed E-state index contributed by atoms with van der Waals surface area (Å²) in [6.07, 6.45) is 2.71. The molecule has 2 N–H and O–H groups in total. The number of ether oxygens (including phenoxy) is 1. The van der Waals surface area contributed by atoms with Crippen LogP contribution < -0.4 is 10.6 Å². The Bertz CT molecular complexity index is 868. The molecule has 1 fully saturated rings. The third-order valence-corrected chi connectivity index (χ3v) is 5.28. The van der Waals surface area contributed by atoms with Crippen molar-refractivity contribution in [2.45, 2.75) is 49.6 Å². The molecule has 2 aromatic carbocycles. The number of thioether (sulfide) groups is 1. The maximum absolute atomic E-state index is 12.7. The van der Waals surface area contributed by atoms with Crippen molar-refractivity contribution in [3.63, 3.8) is 0 Å². The summed E-state index contributed by atoms with van der Waals surface area (Å²) in [5.74, 6) is -0.212. The lowest BCUT2D eigenvalue weighted by atomic mass is 10.1. The SMILES string of the molecule is CSc1ccccc1-c1ccc(NC(=O)C2(NC(=O)OC(C)(C)C)CC2)cc1. The molecular weight excluding hydrogens is 372 g/mol. The number of alkyl carbamates (subject to hydrolysis) is 1. The van der Waals surface area contributed by atoms with Crippen molar-refractivity contribution in [2.75, 3.05) is 11.6 Å². The van der Waals surface area contributed by atoms with Crippen LogP contribution in [0, 0.1) is 0 Å². The Morgan fingerprint density at radius 3 is 2.25 bits per heavy atom. The monoisotopic (exact) mass is 398 g/mol. The number of rotatable bonds is 5. The van der Waals surface area contributed by atoms with Crippen molar-refractivity contribution < 1.29 is 14.3 Å². The van der Waals surface area contributed by atoms with Crippen molar-refractivity contribution >= 4 is 29.4 Å². The molecule has 1 aliphatic carbocycles. The van der Waals surface area contributed by atoms with Gasteiger partial charge in [0.25, 0.3) is 0 Å². The summed E-state index contributed by atoms with van der Waals surface area (Å²) in [5, 5.41) is 5.63. The van der Waals surface area contributed by atoms with Crippen molar-refractivity contribution in [3.05, 3.63) is 48.5 Å². The summed E-state index contributed by atoms with van der Waals surface area (Å²) in [4.78, 5) is 25.9. The van der Waals surface area contributed by atoms with E-state index in [4.69, 9.17) is 4.74 Å². The van der Waals surface area contributed by atoms with E-state index < -0.39 is 17.2 Å². The van der Waals surface area contributed by atoms with E-state index in [2.05, 4.69) is 29.0 Å². The predicted molar refractivity (Wildman–Crippen MR) is 114 cm³/mol. The Balaban J connectivity index is 1.66. The molecule has 0 atom stereocenters. The Hall–Kier alpha value is -2.47. The first-order valence-electron chi connectivity index (χ1n) is 9.28. The highest BCUT2D eigenvalue weighted by Crippen LogP contribution is 2.37. The van der Waals surface area contributed by atoms with Crippen LogP contribution in [0.25, 0.3) is 11.1 Å². The number of anilines is 1. The van der Waals surface area contributed by atoms with Gasteiger partial charge < -0.3 is 15.4 Å². The van der Waals surface area contributed by atoms with Gasteiger partial charge in [-0.15, -0.1) is 11.8 Å². The average molecular weight is 399 g/mol. The van der Waals surface area contributed by atoms with Gasteiger partial charge in [0.1, 0.15) is 11.1 Å². The first kappa shape index (κ1) is 20.3. The summed E-state index contributed by atoms with van der Waals surface area (Å²) in [5.41, 5.74) is 1.49. The summed E-state index contributed by atoms with van der Waals surface area (Å²) < 4.78 is 5.27. The smallest absolute Gasteiger partial charge is 0.408 e. The Labute approximate surface area is 170 Å². The lowest BCUT2D eigenvalue weighted by molar-refractivity contribution is -0.119. The lowest BCUT2D eigenvalue weighted by Gasteiger charge is -2.23. The van der Waals surface area contributed by atoms with Crippen LogP contribution in [0.2, 0.25) is 0 Å². The number of carbonyl (C=O) groups excluding carboxylic acids is 2. The average Bonchev–Trinajstić information content (AvgIpc) is 3.41. The first-order valence-corrected chi connectivity index (χ1v) is 10.5. The van der Waals surface area contributed by atoms with Gasteiger partial charge in [0.05, 0.1) is 0 Å². The molecule has 0 radical (unpaired) electrons. The van der Waals surface area contributed by atoms with Crippen LogP contribution in [-0.4, -0.2) is 29.4 Å². The number of amides is 2. The standard InChI is InChI=1S/C22H26N2O3S/c1-21(2,3)27-20(26)24-22(13-14-22)19(25)23-16-11-9-15(10-12-16)17-7-5-6-8-18(17)28-4/h5-12H,13-14H2,1-4H3,(H,23,25)(H,24,26). The highest BCUT2D eigenvalue weighted by Gasteiger charge is 2.52. The fourth-order valence-electron chi connectivity index (χ4n) is 2.90. The fourth-order valence-corrected chi connectivity index (χ4v) is 3.52. The van der Waals surface area contributed by atoms with Crippen LogP contribution in [0.1, 0.15) is 33.6 Å². The van der Waals surface area contributed by atoms with Gasteiger partial charge in [0, 0.05) is 10.6 Å². The lowest BCUT2D eigenvalue weighted by Crippen LogP contribution is -2.47. The van der Waals surface area contributed by atoms with Gasteiger partial charge in [-0.1, -0.05) is 30.3 Å². The van der Waals surface area contributed by atoms with Crippen LogP contribution in [-0.2, 0) is 9.53 Å². The topological polar surface area (TPSA) is 67.4 Å². The molecule has 2 amide bonds. The molecule has 0 unspecified atom stereocenters. The molecule has 0 aliphatic heterocycles. The van der Waals surface area contributed by atoms with Crippen LogP contribution in [0.4, 0.5) is 10.5 Å². The number of benzene rings is 2. The summed E-state index contributed by atoms with van der Waals surface area (Å²) >= 11 is 1.70. The van der Waals surface area contributed by atoms with Gasteiger partial charge in [-0.3, -0.25) is 4.79 Å². The summed E-state index contributed by atoms with van der Waals surface area (Å²) in [6.45, 7) is 5.38. The molecular formula is C22H26N2O3S. The fraction of sp³-hybridized carbons (Fsp3) is 0.364. The second kappa shape index (κ2) is 7.87. The van der Waals surface area contributed by atoms with E-state index in [0.29, 0.717) is 18.5 Å². The minimum atomic E-state index is -0.869. The maximum Gasteiger partial charge on any atom is 0.408 e. The van der Waals surface area contributed by atoms with Crippen LogP contribution >= 0.6 is 11.8 Å². The molecule has 0 saturated heterocycles. The van der Waals surface area contributed by atoms with Gasteiger partial charge in [0.2, 0.25) is 5.91 Å². The highest BCUT2D eigenvalue weighted by molar-refractivity contribution is 7.98. The second-order valence-electron chi connectivity index (χ2n) is 7.94. The number of nitrogens with one attached hydrogen (secondary N) is 2. The van der Waals surface area contributed by atoms with E-state index in [1.54, 1.807) is 32.5 Å². The van der Waals surface area contributed by atoms with Crippen molar-refractivity contribution in [2.24, 2.45) is 0 Å². The van der Waals surface area contributed by atoms with E-state index in [9.17, 15) is 9.59 Å². The van der Waals surface area contributed by atoms with E-state index in [-0.39, 0.29) is 5.91 Å². The van der Waals surface area contributed by atoms with Crippen LogP contribution in [0.15, 0.2) is 53.4 Å². The quantitative estimate of drug-likeness (QED) is 0.690. The third-order valence-electron chi connectivity index (χ3n) is 4.49. The molecule has 1 aliphatic rings. The largest absolute Gasteiger partial charge is 0.444 e. The number of hydrogen-bond acceptors (Lipinski definition) is 4. The molecule has 5 nitrogen and oxygen atoms in total. The zero-order chi connectivity index (χ0) is 20.4. The number of hydrogen-bond donors (Lipinski definition) is 2.